The van der Waals surface area contributed by atoms with Crippen LogP contribution in [0.15, 0.2) is 40.8 Å². The van der Waals surface area contributed by atoms with Crippen molar-refractivity contribution < 1.29 is 8.81 Å². The van der Waals surface area contributed by atoms with Crippen LogP contribution in [0, 0.1) is 12.7 Å². The number of nitrogens with one attached hydrogen (secondary N) is 1. The van der Waals surface area contributed by atoms with Crippen LogP contribution in [0.1, 0.15) is 24.0 Å². The first kappa shape index (κ1) is 12.8. The summed E-state index contributed by atoms with van der Waals surface area (Å²) in [6.07, 6.45) is 0.875. The molecule has 18 heavy (non-hydrogen) atoms. The molecule has 2 rings (SSSR count). The summed E-state index contributed by atoms with van der Waals surface area (Å²) < 4.78 is 18.3. The van der Waals surface area contributed by atoms with E-state index in [0.717, 1.165) is 30.0 Å². The minimum absolute atomic E-state index is 0.189. The number of aryl methyl sites for hydroxylation is 1. The van der Waals surface area contributed by atoms with Crippen molar-refractivity contribution >= 4 is 0 Å². The van der Waals surface area contributed by atoms with Crippen LogP contribution in [0.4, 0.5) is 4.39 Å². The number of halogens is 1. The fraction of sp³-hybridized carbons (Fsp3) is 0.333. The van der Waals surface area contributed by atoms with Gasteiger partial charge < -0.3 is 9.73 Å². The van der Waals surface area contributed by atoms with E-state index in [0.29, 0.717) is 6.04 Å². The van der Waals surface area contributed by atoms with Gasteiger partial charge in [-0.05, 0) is 50.1 Å². The maximum absolute atomic E-state index is 12.8. The van der Waals surface area contributed by atoms with Crippen molar-refractivity contribution in [2.45, 2.75) is 32.9 Å². The van der Waals surface area contributed by atoms with Gasteiger partial charge in [-0.2, -0.15) is 0 Å². The lowest BCUT2D eigenvalue weighted by atomic mass is 10.1. The van der Waals surface area contributed by atoms with Gasteiger partial charge in [0, 0.05) is 6.04 Å². The van der Waals surface area contributed by atoms with Gasteiger partial charge in [0.05, 0.1) is 6.54 Å². The minimum atomic E-state index is -0.189. The van der Waals surface area contributed by atoms with Crippen molar-refractivity contribution in [1.82, 2.24) is 5.32 Å². The van der Waals surface area contributed by atoms with Crippen LogP contribution in [0.2, 0.25) is 0 Å². The SMILES string of the molecule is Cc1ccc(CNC(C)Cc2ccc(F)cc2)o1. The Morgan fingerprint density at radius 1 is 1.17 bits per heavy atom. The van der Waals surface area contributed by atoms with E-state index in [4.69, 9.17) is 4.42 Å². The van der Waals surface area contributed by atoms with E-state index in [-0.39, 0.29) is 5.82 Å². The van der Waals surface area contributed by atoms with Crippen molar-refractivity contribution in [3.8, 4) is 0 Å². The summed E-state index contributed by atoms with van der Waals surface area (Å²) in [6.45, 7) is 4.76. The van der Waals surface area contributed by atoms with E-state index in [1.165, 1.54) is 12.1 Å². The van der Waals surface area contributed by atoms with Gasteiger partial charge >= 0.3 is 0 Å². The molecule has 0 saturated carbocycles. The molecule has 0 spiro atoms. The zero-order valence-corrected chi connectivity index (χ0v) is 10.7. The van der Waals surface area contributed by atoms with Gasteiger partial charge in [-0.1, -0.05) is 12.1 Å². The fourth-order valence-corrected chi connectivity index (χ4v) is 1.90. The van der Waals surface area contributed by atoms with E-state index in [2.05, 4.69) is 12.2 Å². The largest absolute Gasteiger partial charge is 0.465 e. The predicted molar refractivity (Wildman–Crippen MR) is 69.9 cm³/mol. The number of hydrogen-bond acceptors (Lipinski definition) is 2. The molecule has 0 fully saturated rings. The molecule has 0 bridgehead atoms. The van der Waals surface area contributed by atoms with Crippen molar-refractivity contribution in [2.24, 2.45) is 0 Å². The predicted octanol–water partition coefficient (Wildman–Crippen LogP) is 3.45. The standard InChI is InChI=1S/C15H18FNO/c1-11(9-13-4-6-14(16)7-5-13)17-10-15-8-3-12(2)18-15/h3-8,11,17H,9-10H2,1-2H3. The van der Waals surface area contributed by atoms with Crippen molar-refractivity contribution in [1.29, 1.82) is 0 Å². The summed E-state index contributed by atoms with van der Waals surface area (Å²) in [6, 6.07) is 10.9. The Hall–Kier alpha value is -1.61. The highest BCUT2D eigenvalue weighted by molar-refractivity contribution is 5.17. The molecule has 0 aliphatic rings. The van der Waals surface area contributed by atoms with Gasteiger partial charge in [-0.25, -0.2) is 4.39 Å². The van der Waals surface area contributed by atoms with E-state index in [9.17, 15) is 4.39 Å². The first-order chi connectivity index (χ1) is 8.63. The highest BCUT2D eigenvalue weighted by Gasteiger charge is 2.05. The lowest BCUT2D eigenvalue weighted by Crippen LogP contribution is -2.27. The molecule has 2 aromatic rings. The number of furan rings is 1. The number of benzene rings is 1. The van der Waals surface area contributed by atoms with Crippen molar-refractivity contribution in [3.63, 3.8) is 0 Å². The molecule has 0 aliphatic heterocycles. The Bertz CT molecular complexity index is 489. The molecule has 1 aromatic carbocycles. The highest BCUT2D eigenvalue weighted by Crippen LogP contribution is 2.08. The fourth-order valence-electron chi connectivity index (χ4n) is 1.90. The Kier molecular flexibility index (Phi) is 4.15. The van der Waals surface area contributed by atoms with E-state index >= 15 is 0 Å². The van der Waals surface area contributed by atoms with Crippen LogP contribution in [-0.4, -0.2) is 6.04 Å². The van der Waals surface area contributed by atoms with E-state index < -0.39 is 0 Å². The van der Waals surface area contributed by atoms with Crippen LogP contribution >= 0.6 is 0 Å². The second kappa shape index (κ2) is 5.83. The lowest BCUT2D eigenvalue weighted by Gasteiger charge is -2.12. The van der Waals surface area contributed by atoms with Crippen LogP contribution < -0.4 is 5.32 Å². The summed E-state index contributed by atoms with van der Waals surface area (Å²) in [5.74, 6) is 1.68. The Balaban J connectivity index is 1.81. The molecule has 0 amide bonds. The molecule has 0 radical (unpaired) electrons. The second-order valence-corrected chi connectivity index (χ2v) is 4.62. The smallest absolute Gasteiger partial charge is 0.123 e. The summed E-state index contributed by atoms with van der Waals surface area (Å²) >= 11 is 0. The molecule has 0 saturated heterocycles. The second-order valence-electron chi connectivity index (χ2n) is 4.62. The molecule has 0 aliphatic carbocycles. The molecule has 2 nitrogen and oxygen atoms in total. The molecule has 1 atom stereocenters. The van der Waals surface area contributed by atoms with Gasteiger partial charge in [-0.3, -0.25) is 0 Å². The number of hydrogen-bond donors (Lipinski definition) is 1. The topological polar surface area (TPSA) is 25.2 Å². The third-order valence-electron chi connectivity index (χ3n) is 2.88. The highest BCUT2D eigenvalue weighted by atomic mass is 19.1. The molecule has 1 unspecified atom stereocenters. The van der Waals surface area contributed by atoms with Crippen LogP contribution in [0.25, 0.3) is 0 Å². The minimum Gasteiger partial charge on any atom is -0.465 e. The van der Waals surface area contributed by atoms with Crippen LogP contribution in [-0.2, 0) is 13.0 Å². The molecular formula is C15H18FNO. The summed E-state index contributed by atoms with van der Waals surface area (Å²) in [7, 11) is 0. The third kappa shape index (κ3) is 3.70. The van der Waals surface area contributed by atoms with Gasteiger partial charge in [0.2, 0.25) is 0 Å². The Labute approximate surface area is 107 Å². The van der Waals surface area contributed by atoms with Crippen molar-refractivity contribution in [2.75, 3.05) is 0 Å². The quantitative estimate of drug-likeness (QED) is 0.875. The summed E-state index contributed by atoms with van der Waals surface area (Å²) in [4.78, 5) is 0. The monoisotopic (exact) mass is 247 g/mol. The van der Waals surface area contributed by atoms with Gasteiger partial charge in [-0.15, -0.1) is 0 Å². The molecule has 96 valence electrons. The molecular weight excluding hydrogens is 229 g/mol. The van der Waals surface area contributed by atoms with Gasteiger partial charge in [0.15, 0.2) is 0 Å². The van der Waals surface area contributed by atoms with Crippen molar-refractivity contribution in [3.05, 3.63) is 59.3 Å². The van der Waals surface area contributed by atoms with Crippen LogP contribution in [0.3, 0.4) is 0 Å². The average Bonchev–Trinajstić information content (AvgIpc) is 2.76. The molecule has 1 heterocycles. The van der Waals surface area contributed by atoms with Gasteiger partial charge in [0.25, 0.3) is 0 Å². The normalized spacial score (nSPS) is 12.6. The average molecular weight is 247 g/mol. The molecule has 3 heteroatoms. The first-order valence-corrected chi connectivity index (χ1v) is 6.16. The Morgan fingerprint density at radius 2 is 1.89 bits per heavy atom. The van der Waals surface area contributed by atoms with Gasteiger partial charge in [0.1, 0.15) is 17.3 Å². The van der Waals surface area contributed by atoms with E-state index in [1.807, 2.05) is 31.2 Å². The molecule has 1 aromatic heterocycles. The lowest BCUT2D eigenvalue weighted by molar-refractivity contribution is 0.439. The Morgan fingerprint density at radius 3 is 2.50 bits per heavy atom. The maximum Gasteiger partial charge on any atom is 0.123 e. The van der Waals surface area contributed by atoms with E-state index in [1.54, 1.807) is 0 Å². The summed E-state index contributed by atoms with van der Waals surface area (Å²) in [5, 5.41) is 3.39. The number of rotatable bonds is 5. The summed E-state index contributed by atoms with van der Waals surface area (Å²) in [5.41, 5.74) is 1.13. The molecule has 1 N–H and O–H groups in total. The maximum atomic E-state index is 12.8. The van der Waals surface area contributed by atoms with Crippen LogP contribution in [0.5, 0.6) is 0 Å². The zero-order valence-electron chi connectivity index (χ0n) is 10.7. The third-order valence-corrected chi connectivity index (χ3v) is 2.88. The first-order valence-electron chi connectivity index (χ1n) is 6.16. The zero-order chi connectivity index (χ0) is 13.0.